The van der Waals surface area contributed by atoms with Crippen LogP contribution in [0.1, 0.15) is 41.5 Å². The van der Waals surface area contributed by atoms with E-state index in [1.165, 1.54) is 4.68 Å². The van der Waals surface area contributed by atoms with E-state index in [0.717, 1.165) is 35.0 Å². The summed E-state index contributed by atoms with van der Waals surface area (Å²) in [6.07, 6.45) is 3.36. The number of carbonyl (C=O) groups excluding carboxylic acids is 1. The summed E-state index contributed by atoms with van der Waals surface area (Å²) >= 11 is 0. The number of aryl methyl sites for hydroxylation is 2. The predicted molar refractivity (Wildman–Crippen MR) is 119 cm³/mol. The molecular formula is C23H23N5O2. The van der Waals surface area contributed by atoms with Crippen LogP contribution in [0.25, 0.3) is 21.7 Å². The zero-order valence-electron chi connectivity index (χ0n) is 17.0. The quantitative estimate of drug-likeness (QED) is 0.381. The van der Waals surface area contributed by atoms with E-state index in [1.807, 2.05) is 38.1 Å². The minimum Gasteiger partial charge on any atom is -0.358 e. The summed E-state index contributed by atoms with van der Waals surface area (Å²) in [5, 5.41) is 10.5. The van der Waals surface area contributed by atoms with Crippen molar-refractivity contribution in [1.29, 1.82) is 0 Å². The molecule has 0 saturated carbocycles. The molecular weight excluding hydrogens is 378 g/mol. The molecule has 0 spiro atoms. The average molecular weight is 401 g/mol. The summed E-state index contributed by atoms with van der Waals surface area (Å²) < 4.78 is 1.37. The lowest BCUT2D eigenvalue weighted by molar-refractivity contribution is 0.0949. The van der Waals surface area contributed by atoms with Gasteiger partial charge in [-0.05, 0) is 25.5 Å². The lowest BCUT2D eigenvalue weighted by Gasteiger charge is -2.09. The Kier molecular flexibility index (Phi) is 5.43. The zero-order valence-corrected chi connectivity index (χ0v) is 17.0. The molecule has 2 aromatic heterocycles. The van der Waals surface area contributed by atoms with Gasteiger partial charge >= 0.3 is 0 Å². The number of unbranched alkanes of at least 4 members (excludes halogenated alkanes) is 1. The van der Waals surface area contributed by atoms with Crippen molar-refractivity contribution in [3.05, 3.63) is 75.8 Å². The fourth-order valence-electron chi connectivity index (χ4n) is 3.54. The third-order valence-electron chi connectivity index (χ3n) is 5.11. The Balaban J connectivity index is 1.66. The number of nitrogens with zero attached hydrogens (tertiary/aromatic N) is 3. The van der Waals surface area contributed by atoms with E-state index < -0.39 is 5.91 Å². The van der Waals surface area contributed by atoms with E-state index >= 15 is 0 Å². The zero-order chi connectivity index (χ0) is 21.1. The van der Waals surface area contributed by atoms with Crippen molar-refractivity contribution in [2.24, 2.45) is 5.10 Å². The van der Waals surface area contributed by atoms with Gasteiger partial charge in [-0.3, -0.25) is 9.59 Å². The number of rotatable bonds is 6. The third-order valence-corrected chi connectivity index (χ3v) is 5.11. The number of nitrogens with one attached hydrogen (secondary N) is 2. The molecule has 4 rings (SSSR count). The van der Waals surface area contributed by atoms with E-state index in [1.54, 1.807) is 30.5 Å². The normalized spacial score (nSPS) is 11.5. The van der Waals surface area contributed by atoms with Crippen molar-refractivity contribution in [2.45, 2.75) is 33.2 Å². The van der Waals surface area contributed by atoms with Crippen LogP contribution in [0.4, 0.5) is 0 Å². The number of carbonyl (C=O) groups is 1. The van der Waals surface area contributed by atoms with Crippen molar-refractivity contribution in [3.8, 4) is 0 Å². The van der Waals surface area contributed by atoms with Crippen LogP contribution < -0.4 is 11.0 Å². The van der Waals surface area contributed by atoms with Crippen LogP contribution in [0.15, 0.2) is 58.4 Å². The lowest BCUT2D eigenvalue weighted by Crippen LogP contribution is -2.29. The molecule has 4 aromatic rings. The van der Waals surface area contributed by atoms with Gasteiger partial charge in [0.05, 0.1) is 11.6 Å². The van der Waals surface area contributed by atoms with Gasteiger partial charge in [-0.15, -0.1) is 0 Å². The number of benzene rings is 2. The highest BCUT2D eigenvalue weighted by Gasteiger charge is 2.16. The van der Waals surface area contributed by atoms with Gasteiger partial charge in [0.2, 0.25) is 0 Å². The molecule has 152 valence electrons. The third kappa shape index (κ3) is 3.61. The topological polar surface area (TPSA) is 92.1 Å². The first-order valence-electron chi connectivity index (χ1n) is 10.0. The summed E-state index contributed by atoms with van der Waals surface area (Å²) in [7, 11) is 0. The van der Waals surface area contributed by atoms with E-state index in [4.69, 9.17) is 0 Å². The average Bonchev–Trinajstić information content (AvgIpc) is 3.08. The first kappa shape index (κ1) is 19.6. The molecule has 0 fully saturated rings. The number of para-hydroxylation sites is 1. The van der Waals surface area contributed by atoms with Crippen LogP contribution >= 0.6 is 0 Å². The second kappa shape index (κ2) is 8.32. The fourth-order valence-corrected chi connectivity index (χ4v) is 3.54. The summed E-state index contributed by atoms with van der Waals surface area (Å²) in [5.41, 5.74) is 5.46. The number of hydrogen-bond donors (Lipinski definition) is 2. The molecule has 30 heavy (non-hydrogen) atoms. The van der Waals surface area contributed by atoms with Crippen LogP contribution in [0.2, 0.25) is 0 Å². The van der Waals surface area contributed by atoms with Crippen molar-refractivity contribution in [3.63, 3.8) is 0 Å². The summed E-state index contributed by atoms with van der Waals surface area (Å²) in [4.78, 5) is 28.8. The van der Waals surface area contributed by atoms with Crippen LogP contribution in [0, 0.1) is 6.92 Å². The minimum absolute atomic E-state index is 0.187. The van der Waals surface area contributed by atoms with Crippen LogP contribution in [0.3, 0.4) is 0 Å². The maximum Gasteiger partial charge on any atom is 0.292 e. The van der Waals surface area contributed by atoms with Crippen LogP contribution in [0.5, 0.6) is 0 Å². The number of fused-ring (bicyclic) bond motifs is 2. The summed E-state index contributed by atoms with van der Waals surface area (Å²) in [6, 6.07) is 14.9. The Morgan fingerprint density at radius 2 is 1.83 bits per heavy atom. The molecule has 0 saturated heterocycles. The highest BCUT2D eigenvalue weighted by molar-refractivity contribution is 6.05. The van der Waals surface area contributed by atoms with Gasteiger partial charge in [-0.2, -0.15) is 10.2 Å². The number of aromatic nitrogens is 3. The maximum atomic E-state index is 12.9. The van der Waals surface area contributed by atoms with E-state index in [9.17, 15) is 9.59 Å². The first-order valence-corrected chi connectivity index (χ1v) is 10.0. The number of amides is 1. The standard InChI is InChI=1S/C23H23N5O2/c1-3-4-13-28-23(30)18-11-6-5-10-17(18)21(27-28)22(29)26-24-14-19-15(2)25-20-12-8-7-9-16(19)20/h5-12,14,25H,3-4,13H2,1-2H3,(H,26,29)/b24-14+. The van der Waals surface area contributed by atoms with Gasteiger partial charge in [0, 0.05) is 34.1 Å². The minimum atomic E-state index is -0.454. The molecule has 0 aliphatic heterocycles. The van der Waals surface area contributed by atoms with Gasteiger partial charge in [-0.1, -0.05) is 49.7 Å². The smallest absolute Gasteiger partial charge is 0.292 e. The molecule has 7 heteroatoms. The highest BCUT2D eigenvalue weighted by atomic mass is 16.2. The maximum absolute atomic E-state index is 12.9. The Hall–Kier alpha value is -3.74. The molecule has 0 aliphatic carbocycles. The Morgan fingerprint density at radius 3 is 2.60 bits per heavy atom. The Morgan fingerprint density at radius 1 is 1.13 bits per heavy atom. The number of H-pyrrole nitrogens is 1. The Labute approximate surface area is 173 Å². The molecule has 0 atom stereocenters. The number of hydrogen-bond acceptors (Lipinski definition) is 4. The van der Waals surface area contributed by atoms with Crippen LogP contribution in [-0.4, -0.2) is 26.9 Å². The summed E-state index contributed by atoms with van der Waals surface area (Å²) in [6.45, 7) is 4.47. The van der Waals surface area contributed by atoms with Crippen molar-refractivity contribution < 1.29 is 4.79 Å². The monoisotopic (exact) mass is 401 g/mol. The second-order valence-electron chi connectivity index (χ2n) is 7.18. The Bertz CT molecular complexity index is 1320. The van der Waals surface area contributed by atoms with E-state index in [0.29, 0.717) is 17.3 Å². The molecule has 0 radical (unpaired) electrons. The SMILES string of the molecule is CCCCn1nc(C(=O)N/N=C/c2c(C)[nH]c3ccccc23)c2ccccc2c1=O. The molecule has 1 amide bonds. The first-order chi connectivity index (χ1) is 14.6. The van der Waals surface area contributed by atoms with E-state index in [2.05, 4.69) is 20.6 Å². The molecule has 7 nitrogen and oxygen atoms in total. The fraction of sp³-hybridized carbons (Fsp3) is 0.217. The number of aromatic amines is 1. The second-order valence-corrected chi connectivity index (χ2v) is 7.18. The van der Waals surface area contributed by atoms with Crippen LogP contribution in [-0.2, 0) is 6.54 Å². The number of hydrazone groups is 1. The van der Waals surface area contributed by atoms with Gasteiger partial charge in [0.15, 0.2) is 5.69 Å². The molecule has 0 bridgehead atoms. The van der Waals surface area contributed by atoms with Crippen molar-refractivity contribution in [2.75, 3.05) is 0 Å². The largest absolute Gasteiger partial charge is 0.358 e. The highest BCUT2D eigenvalue weighted by Crippen LogP contribution is 2.20. The van der Waals surface area contributed by atoms with Crippen molar-refractivity contribution in [1.82, 2.24) is 20.2 Å². The molecule has 2 heterocycles. The molecule has 2 N–H and O–H groups in total. The van der Waals surface area contributed by atoms with Crippen molar-refractivity contribution >= 4 is 33.8 Å². The van der Waals surface area contributed by atoms with E-state index in [-0.39, 0.29) is 11.3 Å². The van der Waals surface area contributed by atoms with Gasteiger partial charge < -0.3 is 4.98 Å². The lowest BCUT2D eigenvalue weighted by atomic mass is 10.1. The predicted octanol–water partition coefficient (Wildman–Crippen LogP) is 3.75. The van der Waals surface area contributed by atoms with Gasteiger partial charge in [0.25, 0.3) is 11.5 Å². The molecule has 0 aliphatic rings. The van der Waals surface area contributed by atoms with Gasteiger partial charge in [0.1, 0.15) is 0 Å². The molecule has 2 aromatic carbocycles. The summed E-state index contributed by atoms with van der Waals surface area (Å²) in [5.74, 6) is -0.454. The van der Waals surface area contributed by atoms with Gasteiger partial charge in [-0.25, -0.2) is 10.1 Å². The molecule has 0 unspecified atom stereocenters.